The molecule has 8 aromatic rings. The molecule has 0 saturated carbocycles. The summed E-state index contributed by atoms with van der Waals surface area (Å²) in [7, 11) is 0. The number of nitrogens with zero attached hydrogens (tertiary/aromatic N) is 1. The van der Waals surface area contributed by atoms with Crippen LogP contribution in [0.5, 0.6) is 0 Å². The van der Waals surface area contributed by atoms with E-state index in [1.807, 2.05) is 73.0 Å². The summed E-state index contributed by atoms with van der Waals surface area (Å²) in [5.41, 5.74) is 14.2. The van der Waals surface area contributed by atoms with Gasteiger partial charge in [-0.1, -0.05) is 184 Å². The van der Waals surface area contributed by atoms with Gasteiger partial charge in [-0.15, -0.1) is 0 Å². The van der Waals surface area contributed by atoms with Gasteiger partial charge in [-0.05, 0) is 83.8 Å². The molecule has 1 aliphatic rings. The van der Waals surface area contributed by atoms with E-state index < -0.39 is 0 Å². The Hall–Kier alpha value is -6.64. The van der Waals surface area contributed by atoms with Crippen LogP contribution in [0.1, 0.15) is 41.7 Å². The standard InChI is InChI=1S/C51H38N2/c1-51(2)47-31-39(26-29-45(47)46-30-25-35-13-9-10-19-43(35)50(46)51)34-21-23-36(24-22-34)42-28-27-40(41-18-11-12-20-44(41)42)33-53-49(38-16-7-4-8-17-38)32-48(52)37-14-5-3-6-15-37/h3-33,52H,1-2H3/b49-32-,52-48?,53-33?. The van der Waals surface area contributed by atoms with E-state index in [1.54, 1.807) is 0 Å². The third-order valence-electron chi connectivity index (χ3n) is 10.8. The summed E-state index contributed by atoms with van der Waals surface area (Å²) >= 11 is 0. The topological polar surface area (TPSA) is 36.2 Å². The summed E-state index contributed by atoms with van der Waals surface area (Å²) in [6.07, 6.45) is 3.78. The Morgan fingerprint density at radius 1 is 0.509 bits per heavy atom. The molecular weight excluding hydrogens is 641 g/mol. The molecule has 0 aliphatic heterocycles. The largest absolute Gasteiger partial charge is 0.300 e. The fourth-order valence-corrected chi connectivity index (χ4v) is 8.09. The van der Waals surface area contributed by atoms with Crippen LogP contribution in [0.2, 0.25) is 0 Å². The summed E-state index contributed by atoms with van der Waals surface area (Å²) in [5.74, 6) is 0. The minimum absolute atomic E-state index is 0.0905. The third kappa shape index (κ3) is 5.79. The summed E-state index contributed by atoms with van der Waals surface area (Å²) in [6, 6.07) is 62.1. The van der Waals surface area contributed by atoms with Gasteiger partial charge in [0.2, 0.25) is 0 Å². The Kier molecular flexibility index (Phi) is 8.01. The number of aliphatic imine (C=N–C) groups is 1. The van der Waals surface area contributed by atoms with Gasteiger partial charge in [0.05, 0.1) is 11.4 Å². The molecule has 0 fully saturated rings. The van der Waals surface area contributed by atoms with Crippen LogP contribution in [0, 0.1) is 5.41 Å². The van der Waals surface area contributed by atoms with E-state index in [0.29, 0.717) is 5.71 Å². The molecule has 0 radical (unpaired) electrons. The van der Waals surface area contributed by atoms with Gasteiger partial charge >= 0.3 is 0 Å². The second-order valence-electron chi connectivity index (χ2n) is 14.4. The van der Waals surface area contributed by atoms with Crippen molar-refractivity contribution >= 4 is 39.2 Å². The highest BCUT2D eigenvalue weighted by molar-refractivity contribution is 6.12. The maximum Gasteiger partial charge on any atom is 0.0723 e. The average molecular weight is 679 g/mol. The minimum atomic E-state index is -0.0905. The van der Waals surface area contributed by atoms with Gasteiger partial charge < -0.3 is 5.41 Å². The van der Waals surface area contributed by atoms with Gasteiger partial charge in [-0.2, -0.15) is 0 Å². The molecule has 0 heterocycles. The lowest BCUT2D eigenvalue weighted by molar-refractivity contribution is 0.666. The quantitative estimate of drug-likeness (QED) is 0.163. The summed E-state index contributed by atoms with van der Waals surface area (Å²) in [4.78, 5) is 4.99. The molecule has 53 heavy (non-hydrogen) atoms. The Bertz CT molecular complexity index is 2730. The van der Waals surface area contributed by atoms with E-state index >= 15 is 0 Å². The Morgan fingerprint density at radius 2 is 1.09 bits per heavy atom. The predicted octanol–water partition coefficient (Wildman–Crippen LogP) is 13.2. The zero-order chi connectivity index (χ0) is 35.9. The Labute approximate surface area is 311 Å². The van der Waals surface area contributed by atoms with Crippen molar-refractivity contribution in [2.45, 2.75) is 19.3 Å². The summed E-state index contributed by atoms with van der Waals surface area (Å²) in [5, 5.41) is 13.7. The molecule has 0 aromatic heterocycles. The summed E-state index contributed by atoms with van der Waals surface area (Å²) < 4.78 is 0. The molecule has 252 valence electrons. The van der Waals surface area contributed by atoms with Gasteiger partial charge in [-0.25, -0.2) is 0 Å². The van der Waals surface area contributed by atoms with Crippen LogP contribution in [-0.4, -0.2) is 11.9 Å². The first-order valence-corrected chi connectivity index (χ1v) is 18.2. The normalized spacial score (nSPS) is 13.4. The molecule has 9 rings (SSSR count). The molecule has 1 N–H and O–H groups in total. The van der Waals surface area contributed by atoms with Gasteiger partial charge in [0.15, 0.2) is 0 Å². The lowest BCUT2D eigenvalue weighted by Gasteiger charge is -2.23. The highest BCUT2D eigenvalue weighted by atomic mass is 14.7. The smallest absolute Gasteiger partial charge is 0.0723 e. The number of hydrogen-bond donors (Lipinski definition) is 1. The fraction of sp³-hybridized carbons (Fsp3) is 0.0588. The highest BCUT2D eigenvalue weighted by Crippen LogP contribution is 2.52. The zero-order valence-corrected chi connectivity index (χ0v) is 29.8. The number of fused-ring (bicyclic) bond motifs is 6. The Balaban J connectivity index is 1.04. The zero-order valence-electron chi connectivity index (χ0n) is 29.8. The van der Waals surface area contributed by atoms with Crippen LogP contribution in [0.15, 0.2) is 187 Å². The van der Waals surface area contributed by atoms with E-state index in [2.05, 4.69) is 129 Å². The molecule has 2 heteroatoms. The van der Waals surface area contributed by atoms with Crippen molar-refractivity contribution in [1.82, 2.24) is 0 Å². The highest BCUT2D eigenvalue weighted by Gasteiger charge is 2.37. The first-order chi connectivity index (χ1) is 26.0. The monoisotopic (exact) mass is 678 g/mol. The molecule has 0 saturated heterocycles. The second kappa shape index (κ2) is 13.2. The van der Waals surface area contributed by atoms with Crippen LogP contribution in [0.25, 0.3) is 60.6 Å². The van der Waals surface area contributed by atoms with Crippen molar-refractivity contribution in [3.8, 4) is 33.4 Å². The van der Waals surface area contributed by atoms with E-state index in [0.717, 1.165) is 27.8 Å². The third-order valence-corrected chi connectivity index (χ3v) is 10.8. The number of allylic oxidation sites excluding steroid dienone is 1. The van der Waals surface area contributed by atoms with E-state index in [9.17, 15) is 0 Å². The van der Waals surface area contributed by atoms with Crippen LogP contribution in [-0.2, 0) is 5.41 Å². The van der Waals surface area contributed by atoms with Crippen LogP contribution < -0.4 is 0 Å². The Morgan fingerprint density at radius 3 is 1.85 bits per heavy atom. The van der Waals surface area contributed by atoms with Gasteiger partial charge in [0.25, 0.3) is 0 Å². The van der Waals surface area contributed by atoms with Gasteiger partial charge in [0, 0.05) is 22.8 Å². The predicted molar refractivity (Wildman–Crippen MR) is 225 cm³/mol. The van der Waals surface area contributed by atoms with E-state index in [4.69, 9.17) is 10.4 Å². The molecule has 0 bridgehead atoms. The molecular formula is C51H38N2. The van der Waals surface area contributed by atoms with Crippen LogP contribution in [0.4, 0.5) is 0 Å². The van der Waals surface area contributed by atoms with E-state index in [-0.39, 0.29) is 5.41 Å². The van der Waals surface area contributed by atoms with Gasteiger partial charge in [-0.3, -0.25) is 4.99 Å². The van der Waals surface area contributed by atoms with Crippen LogP contribution >= 0.6 is 0 Å². The molecule has 2 nitrogen and oxygen atoms in total. The lowest BCUT2D eigenvalue weighted by atomic mass is 9.79. The molecule has 0 unspecified atom stereocenters. The number of nitrogens with one attached hydrogen (secondary N) is 1. The second-order valence-corrected chi connectivity index (χ2v) is 14.4. The maximum atomic E-state index is 8.77. The minimum Gasteiger partial charge on any atom is -0.300 e. The van der Waals surface area contributed by atoms with Crippen molar-refractivity contribution in [1.29, 1.82) is 5.41 Å². The first-order valence-electron chi connectivity index (χ1n) is 18.2. The molecule has 0 amide bonds. The molecule has 0 spiro atoms. The average Bonchev–Trinajstić information content (AvgIpc) is 3.45. The van der Waals surface area contributed by atoms with Crippen molar-refractivity contribution in [2.75, 3.05) is 0 Å². The number of hydrogen-bond acceptors (Lipinski definition) is 2. The van der Waals surface area contributed by atoms with Crippen molar-refractivity contribution < 1.29 is 0 Å². The number of rotatable bonds is 7. The van der Waals surface area contributed by atoms with Gasteiger partial charge in [0.1, 0.15) is 0 Å². The SMILES string of the molecule is CC1(C)c2cc(-c3ccc(-c4ccc(C=N/C(=C\C(=N)c5ccccc5)c5ccccc5)c5ccccc45)cc3)ccc2-c2ccc3ccccc3c21. The first kappa shape index (κ1) is 32.3. The van der Waals surface area contributed by atoms with Crippen molar-refractivity contribution in [2.24, 2.45) is 4.99 Å². The molecule has 0 atom stereocenters. The summed E-state index contributed by atoms with van der Waals surface area (Å²) in [6.45, 7) is 4.73. The van der Waals surface area contributed by atoms with Crippen molar-refractivity contribution in [3.63, 3.8) is 0 Å². The maximum absolute atomic E-state index is 8.77. The number of benzene rings is 8. The van der Waals surface area contributed by atoms with E-state index in [1.165, 1.54) is 60.7 Å². The molecule has 8 aromatic carbocycles. The molecule has 1 aliphatic carbocycles. The van der Waals surface area contributed by atoms with Crippen LogP contribution in [0.3, 0.4) is 0 Å². The lowest BCUT2D eigenvalue weighted by Crippen LogP contribution is -2.15. The van der Waals surface area contributed by atoms with Crippen molar-refractivity contribution in [3.05, 3.63) is 210 Å². The fourth-order valence-electron chi connectivity index (χ4n) is 8.09.